The second kappa shape index (κ2) is 10.9. The molecule has 0 heterocycles. The highest BCUT2D eigenvalue weighted by molar-refractivity contribution is 5.66. The van der Waals surface area contributed by atoms with Crippen LogP contribution in [0.3, 0.4) is 0 Å². The zero-order chi connectivity index (χ0) is 28.0. The lowest BCUT2D eigenvalue weighted by Crippen LogP contribution is -2.62. The van der Waals surface area contributed by atoms with Gasteiger partial charge in [0.05, 0.1) is 18.8 Å². The van der Waals surface area contributed by atoms with Crippen LogP contribution in [-0.4, -0.2) is 47.1 Å². The number of ether oxygens (including phenoxy) is 2. The van der Waals surface area contributed by atoms with Crippen LogP contribution in [-0.2, 0) is 19.1 Å². The van der Waals surface area contributed by atoms with Crippen molar-refractivity contribution in [2.24, 2.45) is 46.3 Å². The summed E-state index contributed by atoms with van der Waals surface area (Å²) in [4.78, 5) is 24.1. The van der Waals surface area contributed by atoms with Crippen molar-refractivity contribution in [2.45, 2.75) is 98.4 Å². The van der Waals surface area contributed by atoms with E-state index in [0.29, 0.717) is 31.8 Å². The van der Waals surface area contributed by atoms with Crippen LogP contribution in [0, 0.1) is 46.3 Å². The quantitative estimate of drug-likeness (QED) is 0.262. The number of aliphatic hydroxyl groups excluding tert-OH is 2. The van der Waals surface area contributed by atoms with Gasteiger partial charge in [0, 0.05) is 37.0 Å². The molecule has 0 radical (unpaired) electrons. The number of fused-ring (bicyclic) bond motifs is 5. The molecule has 212 valence electrons. The minimum Gasteiger partial charge on any atom is -0.465 e. The number of esters is 2. The lowest BCUT2D eigenvalue weighted by Gasteiger charge is -2.61. The van der Waals surface area contributed by atoms with E-state index < -0.39 is 23.7 Å². The topological polar surface area (TPSA) is 93.1 Å². The molecule has 0 aliphatic heterocycles. The van der Waals surface area contributed by atoms with Gasteiger partial charge in [-0.2, -0.15) is 0 Å². The summed E-state index contributed by atoms with van der Waals surface area (Å²) in [7, 11) is 0. The second-order valence-corrected chi connectivity index (χ2v) is 13.2. The molecule has 0 aromatic carbocycles. The molecule has 38 heavy (non-hydrogen) atoms. The standard InChI is InChI=1S/C32H48O6/c1-18(2)19(3)8-9-20(4)26-12-13-27-25-11-10-23-14-24(35)15-29(38-22(6)34)31(23,7)30(25)28(36)16-32(26,27)17-37-21(5)33/h8-10,18,20,24-30,35-36H,3,11-17H2,1-2,4-7H3. The maximum Gasteiger partial charge on any atom is 0.302 e. The second-order valence-electron chi connectivity index (χ2n) is 13.2. The van der Waals surface area contributed by atoms with E-state index in [4.69, 9.17) is 9.47 Å². The Kier molecular flexibility index (Phi) is 8.36. The summed E-state index contributed by atoms with van der Waals surface area (Å²) in [5.41, 5.74) is 1.35. The molecule has 3 saturated carbocycles. The van der Waals surface area contributed by atoms with Crippen molar-refractivity contribution in [3.05, 3.63) is 36.0 Å². The fourth-order valence-corrected chi connectivity index (χ4v) is 8.89. The van der Waals surface area contributed by atoms with Gasteiger partial charge in [-0.3, -0.25) is 9.59 Å². The largest absolute Gasteiger partial charge is 0.465 e. The molecule has 0 aromatic heterocycles. The molecule has 4 aliphatic carbocycles. The maximum absolute atomic E-state index is 12.1. The Morgan fingerprint density at radius 1 is 1.18 bits per heavy atom. The molecule has 0 amide bonds. The van der Waals surface area contributed by atoms with Gasteiger partial charge in [-0.25, -0.2) is 0 Å². The molecule has 0 bridgehead atoms. The minimum atomic E-state index is -0.629. The average molecular weight is 529 g/mol. The Hall–Kier alpha value is -1.92. The third-order valence-corrected chi connectivity index (χ3v) is 10.7. The lowest BCUT2D eigenvalue weighted by atomic mass is 9.45. The summed E-state index contributed by atoms with van der Waals surface area (Å²) in [5, 5.41) is 22.6. The van der Waals surface area contributed by atoms with Crippen LogP contribution in [0.2, 0.25) is 0 Å². The van der Waals surface area contributed by atoms with E-state index in [0.717, 1.165) is 30.4 Å². The molecule has 10 atom stereocenters. The molecule has 4 aliphatic rings. The number of aliphatic hydroxyl groups is 2. The molecule has 0 spiro atoms. The zero-order valence-electron chi connectivity index (χ0n) is 24.1. The number of carbonyl (C=O) groups excluding carboxylic acids is 2. The highest BCUT2D eigenvalue weighted by atomic mass is 16.5. The van der Waals surface area contributed by atoms with Crippen LogP contribution < -0.4 is 0 Å². The Bertz CT molecular complexity index is 996. The molecule has 6 heteroatoms. The van der Waals surface area contributed by atoms with Crippen LogP contribution in [0.1, 0.15) is 80.1 Å². The molecule has 0 saturated heterocycles. The molecule has 0 aromatic rings. The fourth-order valence-electron chi connectivity index (χ4n) is 8.89. The summed E-state index contributed by atoms with van der Waals surface area (Å²) in [5.74, 6) is 0.641. The fraction of sp³-hybridized carbons (Fsp3) is 0.750. The number of hydrogen-bond donors (Lipinski definition) is 2. The number of hydrogen-bond acceptors (Lipinski definition) is 6. The Morgan fingerprint density at radius 2 is 1.89 bits per heavy atom. The predicted molar refractivity (Wildman–Crippen MR) is 147 cm³/mol. The van der Waals surface area contributed by atoms with E-state index in [2.05, 4.69) is 52.5 Å². The summed E-state index contributed by atoms with van der Waals surface area (Å²) in [6.07, 6.45) is 9.33. The third-order valence-electron chi connectivity index (χ3n) is 10.7. The van der Waals surface area contributed by atoms with Crippen LogP contribution in [0.4, 0.5) is 0 Å². The number of allylic oxidation sites excluding steroid dienone is 4. The van der Waals surface area contributed by atoms with E-state index in [1.165, 1.54) is 13.8 Å². The minimum absolute atomic E-state index is 0.0832. The van der Waals surface area contributed by atoms with Gasteiger partial charge in [0.15, 0.2) is 0 Å². The SMILES string of the molecule is C=C(C=CC(C)C1CCC2C3CC=C4CC(O)CC(OC(C)=O)C4(C)C3C(O)CC12COC(C)=O)C(C)C. The first-order chi connectivity index (χ1) is 17.8. The number of carbonyl (C=O) groups is 2. The normalized spacial score (nSPS) is 41.1. The van der Waals surface area contributed by atoms with Crippen LogP contribution >= 0.6 is 0 Å². The van der Waals surface area contributed by atoms with E-state index in [1.54, 1.807) is 0 Å². The van der Waals surface area contributed by atoms with E-state index in [1.807, 2.05) is 0 Å². The van der Waals surface area contributed by atoms with Crippen molar-refractivity contribution < 1.29 is 29.3 Å². The first-order valence-corrected chi connectivity index (χ1v) is 14.5. The third kappa shape index (κ3) is 5.03. The van der Waals surface area contributed by atoms with Gasteiger partial charge in [-0.1, -0.05) is 63.6 Å². The highest BCUT2D eigenvalue weighted by Crippen LogP contribution is 2.67. The van der Waals surface area contributed by atoms with Gasteiger partial charge >= 0.3 is 11.9 Å². The van der Waals surface area contributed by atoms with Crippen molar-refractivity contribution in [1.82, 2.24) is 0 Å². The van der Waals surface area contributed by atoms with Crippen LogP contribution in [0.5, 0.6) is 0 Å². The van der Waals surface area contributed by atoms with Crippen molar-refractivity contribution in [3.63, 3.8) is 0 Å². The predicted octanol–water partition coefficient (Wildman–Crippen LogP) is 5.39. The maximum atomic E-state index is 12.1. The molecule has 6 nitrogen and oxygen atoms in total. The summed E-state index contributed by atoms with van der Waals surface area (Å²) >= 11 is 0. The molecular weight excluding hydrogens is 480 g/mol. The first-order valence-electron chi connectivity index (χ1n) is 14.5. The van der Waals surface area contributed by atoms with Gasteiger partial charge in [0.2, 0.25) is 0 Å². The van der Waals surface area contributed by atoms with E-state index >= 15 is 0 Å². The smallest absolute Gasteiger partial charge is 0.302 e. The van der Waals surface area contributed by atoms with Crippen molar-refractivity contribution in [3.8, 4) is 0 Å². The van der Waals surface area contributed by atoms with Crippen molar-refractivity contribution in [2.75, 3.05) is 6.61 Å². The van der Waals surface area contributed by atoms with Crippen LogP contribution in [0.25, 0.3) is 0 Å². The van der Waals surface area contributed by atoms with Crippen LogP contribution in [0.15, 0.2) is 36.0 Å². The molecule has 3 fully saturated rings. The molecule has 10 unspecified atom stereocenters. The molecular formula is C32H48O6. The van der Waals surface area contributed by atoms with Gasteiger partial charge in [-0.15, -0.1) is 0 Å². The van der Waals surface area contributed by atoms with Crippen molar-refractivity contribution >= 4 is 11.9 Å². The zero-order valence-corrected chi connectivity index (χ0v) is 24.1. The Balaban J connectivity index is 1.72. The highest BCUT2D eigenvalue weighted by Gasteiger charge is 2.66. The summed E-state index contributed by atoms with van der Waals surface area (Å²) in [6.45, 7) is 16.0. The average Bonchev–Trinajstić information content (AvgIpc) is 3.20. The van der Waals surface area contributed by atoms with Gasteiger partial charge < -0.3 is 19.7 Å². The number of rotatable bonds is 7. The van der Waals surface area contributed by atoms with Crippen molar-refractivity contribution in [1.29, 1.82) is 0 Å². The van der Waals surface area contributed by atoms with Gasteiger partial charge in [-0.05, 0) is 61.7 Å². The Morgan fingerprint density at radius 3 is 2.53 bits per heavy atom. The Labute approximate surface area is 228 Å². The van der Waals surface area contributed by atoms with Gasteiger partial charge in [0.25, 0.3) is 0 Å². The van der Waals surface area contributed by atoms with E-state index in [9.17, 15) is 19.8 Å². The molecule has 2 N–H and O–H groups in total. The van der Waals surface area contributed by atoms with E-state index in [-0.39, 0.29) is 46.9 Å². The van der Waals surface area contributed by atoms with Gasteiger partial charge in [0.1, 0.15) is 6.10 Å². The molecule has 4 rings (SSSR count). The lowest BCUT2D eigenvalue weighted by molar-refractivity contribution is -0.191. The summed E-state index contributed by atoms with van der Waals surface area (Å²) < 4.78 is 11.6. The summed E-state index contributed by atoms with van der Waals surface area (Å²) in [6, 6.07) is 0. The first kappa shape index (κ1) is 29.1. The monoisotopic (exact) mass is 528 g/mol.